The fourth-order valence-corrected chi connectivity index (χ4v) is 3.43. The zero-order chi connectivity index (χ0) is 20.0. The van der Waals surface area contributed by atoms with Gasteiger partial charge in [0.05, 0.1) is 12.0 Å². The van der Waals surface area contributed by atoms with E-state index in [4.69, 9.17) is 9.47 Å². The Morgan fingerprint density at radius 3 is 2.26 bits per heavy atom. The molecule has 2 rings (SSSR count). The van der Waals surface area contributed by atoms with Gasteiger partial charge in [-0.1, -0.05) is 18.2 Å². The number of sulfonamides is 1. The highest BCUT2D eigenvalue weighted by atomic mass is 32.2. The van der Waals surface area contributed by atoms with Crippen molar-refractivity contribution in [2.45, 2.75) is 11.0 Å². The standard InChI is InChI=1S/C19H24N2O5S/c1-21(2)27(23,24)15-11-9-14(10-12-15)19(22)20-13-18(26-4)16-7-5-6-8-17(16)25-3/h5-12,18H,13H2,1-4H3,(H,20,22)/t18-/m0/s1. The van der Waals surface area contributed by atoms with E-state index < -0.39 is 10.0 Å². The van der Waals surface area contributed by atoms with Gasteiger partial charge < -0.3 is 14.8 Å². The van der Waals surface area contributed by atoms with Crippen LogP contribution in [0.2, 0.25) is 0 Å². The third kappa shape index (κ3) is 4.85. The molecule has 146 valence electrons. The first-order valence-corrected chi connectivity index (χ1v) is 9.71. The summed E-state index contributed by atoms with van der Waals surface area (Å²) in [6.45, 7) is 0.244. The summed E-state index contributed by atoms with van der Waals surface area (Å²) in [5.41, 5.74) is 1.19. The van der Waals surface area contributed by atoms with E-state index in [1.54, 1.807) is 14.2 Å². The smallest absolute Gasteiger partial charge is 0.251 e. The van der Waals surface area contributed by atoms with E-state index >= 15 is 0 Å². The van der Waals surface area contributed by atoms with Crippen molar-refractivity contribution in [1.29, 1.82) is 0 Å². The lowest BCUT2D eigenvalue weighted by atomic mass is 10.1. The van der Waals surface area contributed by atoms with Crippen LogP contribution in [0.25, 0.3) is 0 Å². The van der Waals surface area contributed by atoms with Gasteiger partial charge in [0.2, 0.25) is 10.0 Å². The topological polar surface area (TPSA) is 84.9 Å². The molecule has 0 aliphatic rings. The van der Waals surface area contributed by atoms with Crippen molar-refractivity contribution in [2.24, 2.45) is 0 Å². The molecule has 7 nitrogen and oxygen atoms in total. The summed E-state index contributed by atoms with van der Waals surface area (Å²) in [7, 11) is 2.53. The largest absolute Gasteiger partial charge is 0.496 e. The molecule has 0 heterocycles. The van der Waals surface area contributed by atoms with Gasteiger partial charge in [0.1, 0.15) is 11.9 Å². The van der Waals surface area contributed by atoms with E-state index in [1.165, 1.54) is 38.4 Å². The maximum absolute atomic E-state index is 12.4. The fourth-order valence-electron chi connectivity index (χ4n) is 2.53. The van der Waals surface area contributed by atoms with Crippen molar-refractivity contribution in [1.82, 2.24) is 9.62 Å². The minimum atomic E-state index is -3.53. The monoisotopic (exact) mass is 392 g/mol. The summed E-state index contributed by atoms with van der Waals surface area (Å²) < 4.78 is 36.1. The van der Waals surface area contributed by atoms with Gasteiger partial charge in [-0.2, -0.15) is 0 Å². The zero-order valence-electron chi connectivity index (χ0n) is 15.8. The number of rotatable bonds is 8. The molecule has 1 amide bonds. The number of hydrogen-bond acceptors (Lipinski definition) is 5. The number of hydrogen-bond donors (Lipinski definition) is 1. The van der Waals surface area contributed by atoms with Crippen LogP contribution < -0.4 is 10.1 Å². The van der Waals surface area contributed by atoms with Crippen LogP contribution in [0.1, 0.15) is 22.0 Å². The fraction of sp³-hybridized carbons (Fsp3) is 0.316. The molecule has 1 N–H and O–H groups in total. The van der Waals surface area contributed by atoms with Gasteiger partial charge in [-0.05, 0) is 30.3 Å². The van der Waals surface area contributed by atoms with Gasteiger partial charge in [0, 0.05) is 38.9 Å². The van der Waals surface area contributed by atoms with Gasteiger partial charge in [-0.15, -0.1) is 0 Å². The number of amides is 1. The van der Waals surface area contributed by atoms with E-state index in [0.29, 0.717) is 11.3 Å². The highest BCUT2D eigenvalue weighted by Crippen LogP contribution is 2.26. The highest BCUT2D eigenvalue weighted by molar-refractivity contribution is 7.89. The molecule has 27 heavy (non-hydrogen) atoms. The van der Waals surface area contributed by atoms with Gasteiger partial charge in [0.25, 0.3) is 5.91 Å². The SMILES string of the molecule is COc1ccccc1[C@H](CNC(=O)c1ccc(S(=O)(=O)N(C)C)cc1)OC. The van der Waals surface area contributed by atoms with Crippen LogP contribution in [0.4, 0.5) is 0 Å². The number of ether oxygens (including phenoxy) is 2. The van der Waals surface area contributed by atoms with Gasteiger partial charge in [-0.25, -0.2) is 12.7 Å². The molecule has 0 saturated carbocycles. The molecular weight excluding hydrogens is 368 g/mol. The Balaban J connectivity index is 2.08. The van der Waals surface area contributed by atoms with Crippen LogP contribution in [0.15, 0.2) is 53.4 Å². The van der Waals surface area contributed by atoms with Crippen LogP contribution in [0, 0.1) is 0 Å². The summed E-state index contributed by atoms with van der Waals surface area (Å²) in [6, 6.07) is 13.2. The second kappa shape index (κ2) is 8.98. The Kier molecular flexibility index (Phi) is 6.95. The van der Waals surface area contributed by atoms with Gasteiger partial charge in [-0.3, -0.25) is 4.79 Å². The maximum Gasteiger partial charge on any atom is 0.251 e. The third-order valence-corrected chi connectivity index (χ3v) is 5.94. The summed E-state index contributed by atoms with van der Waals surface area (Å²) in [5.74, 6) is 0.359. The number of carbonyl (C=O) groups excluding carboxylic acids is 1. The minimum Gasteiger partial charge on any atom is -0.496 e. The molecule has 0 saturated heterocycles. The Labute approximate surface area is 160 Å². The quantitative estimate of drug-likeness (QED) is 0.743. The molecule has 0 bridgehead atoms. The van der Waals surface area contributed by atoms with E-state index in [9.17, 15) is 13.2 Å². The van der Waals surface area contributed by atoms with E-state index in [2.05, 4.69) is 5.32 Å². The Morgan fingerprint density at radius 2 is 1.70 bits per heavy atom. The molecule has 0 radical (unpaired) electrons. The lowest BCUT2D eigenvalue weighted by Crippen LogP contribution is -2.29. The first-order chi connectivity index (χ1) is 12.8. The van der Waals surface area contributed by atoms with Crippen LogP contribution >= 0.6 is 0 Å². The van der Waals surface area contributed by atoms with Crippen LogP contribution in [-0.4, -0.2) is 53.5 Å². The number of nitrogens with one attached hydrogen (secondary N) is 1. The lowest BCUT2D eigenvalue weighted by molar-refractivity contribution is 0.0819. The molecule has 0 spiro atoms. The molecule has 0 fully saturated rings. The number of methoxy groups -OCH3 is 2. The molecule has 0 aliphatic heterocycles. The second-order valence-electron chi connectivity index (χ2n) is 5.99. The van der Waals surface area contributed by atoms with Crippen molar-refractivity contribution in [2.75, 3.05) is 34.9 Å². The summed E-state index contributed by atoms with van der Waals surface area (Å²) >= 11 is 0. The van der Waals surface area contributed by atoms with Crippen LogP contribution in [0.5, 0.6) is 5.75 Å². The lowest BCUT2D eigenvalue weighted by Gasteiger charge is -2.19. The number of carbonyl (C=O) groups is 1. The molecule has 2 aromatic rings. The summed E-state index contributed by atoms with van der Waals surface area (Å²) in [4.78, 5) is 12.5. The first-order valence-electron chi connectivity index (χ1n) is 8.27. The second-order valence-corrected chi connectivity index (χ2v) is 8.14. The normalized spacial score (nSPS) is 12.6. The first kappa shape index (κ1) is 20.9. The van der Waals surface area contributed by atoms with E-state index in [0.717, 1.165) is 9.87 Å². The zero-order valence-corrected chi connectivity index (χ0v) is 16.6. The average molecular weight is 392 g/mol. The molecule has 0 unspecified atom stereocenters. The predicted molar refractivity (Wildman–Crippen MR) is 102 cm³/mol. The van der Waals surface area contributed by atoms with Crippen LogP contribution in [0.3, 0.4) is 0 Å². The maximum atomic E-state index is 12.4. The van der Waals surface area contributed by atoms with Gasteiger partial charge >= 0.3 is 0 Å². The highest BCUT2D eigenvalue weighted by Gasteiger charge is 2.19. The van der Waals surface area contributed by atoms with Crippen molar-refractivity contribution in [3.8, 4) is 5.75 Å². The van der Waals surface area contributed by atoms with Crippen LogP contribution in [-0.2, 0) is 14.8 Å². The molecule has 0 aromatic heterocycles. The Bertz CT molecular complexity index is 879. The number of benzene rings is 2. The summed E-state index contributed by atoms with van der Waals surface area (Å²) in [5, 5.41) is 2.80. The van der Waals surface area contributed by atoms with Crippen molar-refractivity contribution in [3.05, 3.63) is 59.7 Å². The average Bonchev–Trinajstić information content (AvgIpc) is 2.68. The molecule has 0 aliphatic carbocycles. The predicted octanol–water partition coefficient (Wildman–Crippen LogP) is 2.06. The van der Waals surface area contributed by atoms with Crippen molar-refractivity contribution >= 4 is 15.9 Å². The molecule has 1 atom stereocenters. The number of para-hydroxylation sites is 1. The molecule has 2 aromatic carbocycles. The summed E-state index contributed by atoms with van der Waals surface area (Å²) in [6.07, 6.45) is -0.376. The van der Waals surface area contributed by atoms with Crippen molar-refractivity contribution in [3.63, 3.8) is 0 Å². The third-order valence-electron chi connectivity index (χ3n) is 4.11. The minimum absolute atomic E-state index is 0.132. The molecular formula is C19H24N2O5S. The Morgan fingerprint density at radius 1 is 1.07 bits per heavy atom. The molecule has 8 heteroatoms. The van der Waals surface area contributed by atoms with Crippen molar-refractivity contribution < 1.29 is 22.7 Å². The number of nitrogens with zero attached hydrogens (tertiary/aromatic N) is 1. The van der Waals surface area contributed by atoms with E-state index in [-0.39, 0.29) is 23.5 Å². The Hall–Kier alpha value is -2.42. The van der Waals surface area contributed by atoms with E-state index in [1.807, 2.05) is 24.3 Å². The van der Waals surface area contributed by atoms with Gasteiger partial charge in [0.15, 0.2) is 0 Å².